The van der Waals surface area contributed by atoms with Gasteiger partial charge in [0.05, 0.1) is 10.5 Å². The molecule has 0 spiro atoms. The highest BCUT2D eigenvalue weighted by Gasteiger charge is 2.08. The molecule has 0 aliphatic rings. The summed E-state index contributed by atoms with van der Waals surface area (Å²) >= 11 is 6.09. The standard InChI is InChI=1S/C15H17ClN2O/c1-2-3-4-10-17-15(19)13-9-8-11-6-5-7-12(16)14(11)18-13/h5-9H,2-4,10H2,1H3,(H,17,19). The van der Waals surface area contributed by atoms with Gasteiger partial charge < -0.3 is 5.32 Å². The first kappa shape index (κ1) is 13.8. The van der Waals surface area contributed by atoms with Crippen molar-refractivity contribution in [2.24, 2.45) is 0 Å². The second-order valence-electron chi connectivity index (χ2n) is 4.47. The Balaban J connectivity index is 2.12. The number of hydrogen-bond donors (Lipinski definition) is 1. The number of benzene rings is 1. The molecule has 0 aliphatic carbocycles. The van der Waals surface area contributed by atoms with E-state index >= 15 is 0 Å². The molecule has 3 nitrogen and oxygen atoms in total. The maximum atomic E-state index is 11.9. The van der Waals surface area contributed by atoms with Gasteiger partial charge >= 0.3 is 0 Å². The van der Waals surface area contributed by atoms with Crippen molar-refractivity contribution in [2.75, 3.05) is 6.54 Å². The number of aromatic nitrogens is 1. The van der Waals surface area contributed by atoms with Crippen LogP contribution in [0.2, 0.25) is 5.02 Å². The molecule has 1 aromatic heterocycles. The molecule has 1 N–H and O–H groups in total. The Bertz CT molecular complexity index is 583. The minimum absolute atomic E-state index is 0.141. The summed E-state index contributed by atoms with van der Waals surface area (Å²) in [5, 5.41) is 4.38. The molecular weight excluding hydrogens is 260 g/mol. The van der Waals surface area contributed by atoms with E-state index in [0.29, 0.717) is 22.8 Å². The molecule has 0 unspecified atom stereocenters. The first-order chi connectivity index (χ1) is 9.22. The number of nitrogens with one attached hydrogen (secondary N) is 1. The van der Waals surface area contributed by atoms with Crippen LogP contribution in [0.4, 0.5) is 0 Å². The van der Waals surface area contributed by atoms with E-state index in [1.807, 2.05) is 18.2 Å². The van der Waals surface area contributed by atoms with E-state index in [1.54, 1.807) is 12.1 Å². The Morgan fingerprint density at radius 3 is 2.89 bits per heavy atom. The van der Waals surface area contributed by atoms with Crippen LogP contribution in [0.15, 0.2) is 30.3 Å². The van der Waals surface area contributed by atoms with Crippen molar-refractivity contribution in [3.63, 3.8) is 0 Å². The van der Waals surface area contributed by atoms with Gasteiger partial charge in [-0.1, -0.05) is 49.6 Å². The molecule has 1 heterocycles. The lowest BCUT2D eigenvalue weighted by molar-refractivity contribution is 0.0948. The first-order valence-electron chi connectivity index (χ1n) is 6.56. The molecule has 4 heteroatoms. The van der Waals surface area contributed by atoms with Gasteiger partial charge in [0.1, 0.15) is 5.69 Å². The molecule has 0 aliphatic heterocycles. The molecule has 0 bridgehead atoms. The predicted octanol–water partition coefficient (Wildman–Crippen LogP) is 3.81. The third kappa shape index (κ3) is 3.44. The Morgan fingerprint density at radius 1 is 1.26 bits per heavy atom. The van der Waals surface area contributed by atoms with Crippen LogP contribution < -0.4 is 5.32 Å². The van der Waals surface area contributed by atoms with Gasteiger partial charge in [-0.3, -0.25) is 4.79 Å². The SMILES string of the molecule is CCCCCNC(=O)c1ccc2cccc(Cl)c2n1. The summed E-state index contributed by atoms with van der Waals surface area (Å²) in [6.45, 7) is 2.82. The van der Waals surface area contributed by atoms with Gasteiger partial charge in [-0.2, -0.15) is 0 Å². The molecule has 2 rings (SSSR count). The number of para-hydroxylation sites is 1. The number of fused-ring (bicyclic) bond motifs is 1. The van der Waals surface area contributed by atoms with E-state index < -0.39 is 0 Å². The van der Waals surface area contributed by atoms with Gasteiger partial charge in [-0.05, 0) is 18.6 Å². The zero-order chi connectivity index (χ0) is 13.7. The van der Waals surface area contributed by atoms with Gasteiger partial charge in [0.25, 0.3) is 5.91 Å². The third-order valence-electron chi connectivity index (χ3n) is 2.97. The molecular formula is C15H17ClN2O. The van der Waals surface area contributed by atoms with Crippen LogP contribution in [0, 0.1) is 0 Å². The maximum absolute atomic E-state index is 11.9. The molecule has 2 aromatic rings. The van der Waals surface area contributed by atoms with Crippen LogP contribution in [0.25, 0.3) is 10.9 Å². The van der Waals surface area contributed by atoms with E-state index in [9.17, 15) is 4.79 Å². The third-order valence-corrected chi connectivity index (χ3v) is 3.27. The van der Waals surface area contributed by atoms with Crippen LogP contribution >= 0.6 is 11.6 Å². The Labute approximate surface area is 118 Å². The average Bonchev–Trinajstić information content (AvgIpc) is 2.43. The van der Waals surface area contributed by atoms with Gasteiger partial charge in [0.2, 0.25) is 0 Å². The Hall–Kier alpha value is -1.61. The van der Waals surface area contributed by atoms with Crippen LogP contribution in [-0.2, 0) is 0 Å². The maximum Gasteiger partial charge on any atom is 0.269 e. The fraction of sp³-hybridized carbons (Fsp3) is 0.333. The van der Waals surface area contributed by atoms with Crippen molar-refractivity contribution in [2.45, 2.75) is 26.2 Å². The second-order valence-corrected chi connectivity index (χ2v) is 4.88. The van der Waals surface area contributed by atoms with Gasteiger partial charge in [0.15, 0.2) is 0 Å². The summed E-state index contributed by atoms with van der Waals surface area (Å²) < 4.78 is 0. The largest absolute Gasteiger partial charge is 0.351 e. The Kier molecular flexibility index (Phi) is 4.74. The fourth-order valence-electron chi connectivity index (χ4n) is 1.90. The smallest absolute Gasteiger partial charge is 0.269 e. The summed E-state index contributed by atoms with van der Waals surface area (Å²) in [5.41, 5.74) is 1.09. The Morgan fingerprint density at radius 2 is 2.11 bits per heavy atom. The highest BCUT2D eigenvalue weighted by atomic mass is 35.5. The number of amides is 1. The van der Waals surface area contributed by atoms with Crippen molar-refractivity contribution in [1.82, 2.24) is 10.3 Å². The lowest BCUT2D eigenvalue weighted by Gasteiger charge is -2.06. The lowest BCUT2D eigenvalue weighted by Crippen LogP contribution is -2.25. The second kappa shape index (κ2) is 6.53. The molecule has 19 heavy (non-hydrogen) atoms. The number of rotatable bonds is 5. The zero-order valence-electron chi connectivity index (χ0n) is 10.9. The average molecular weight is 277 g/mol. The number of pyridine rings is 1. The van der Waals surface area contributed by atoms with Gasteiger partial charge in [-0.25, -0.2) is 4.98 Å². The number of unbranched alkanes of at least 4 members (excludes halogenated alkanes) is 2. The van der Waals surface area contributed by atoms with E-state index in [1.165, 1.54) is 0 Å². The highest BCUT2D eigenvalue weighted by molar-refractivity contribution is 6.35. The molecule has 100 valence electrons. The molecule has 1 amide bonds. The van der Waals surface area contributed by atoms with Crippen LogP contribution in [0.1, 0.15) is 36.7 Å². The highest BCUT2D eigenvalue weighted by Crippen LogP contribution is 2.21. The van der Waals surface area contributed by atoms with Crippen molar-refractivity contribution in [1.29, 1.82) is 0 Å². The van der Waals surface area contributed by atoms with Gasteiger partial charge in [-0.15, -0.1) is 0 Å². The minimum atomic E-state index is -0.141. The van der Waals surface area contributed by atoms with Crippen LogP contribution in [0.3, 0.4) is 0 Å². The normalized spacial score (nSPS) is 10.6. The molecule has 0 radical (unpaired) electrons. The minimum Gasteiger partial charge on any atom is -0.351 e. The molecule has 1 aromatic carbocycles. The van der Waals surface area contributed by atoms with Crippen molar-refractivity contribution >= 4 is 28.4 Å². The number of halogens is 1. The van der Waals surface area contributed by atoms with Crippen molar-refractivity contribution in [3.05, 3.63) is 41.0 Å². The van der Waals surface area contributed by atoms with E-state index in [0.717, 1.165) is 24.6 Å². The number of nitrogens with zero attached hydrogens (tertiary/aromatic N) is 1. The van der Waals surface area contributed by atoms with Gasteiger partial charge in [0, 0.05) is 11.9 Å². The van der Waals surface area contributed by atoms with E-state index in [4.69, 9.17) is 11.6 Å². The summed E-state index contributed by atoms with van der Waals surface area (Å²) in [7, 11) is 0. The van der Waals surface area contributed by atoms with E-state index in [2.05, 4.69) is 17.2 Å². The summed E-state index contributed by atoms with van der Waals surface area (Å²) in [6, 6.07) is 9.18. The van der Waals surface area contributed by atoms with E-state index in [-0.39, 0.29) is 5.91 Å². The number of carbonyl (C=O) groups excluding carboxylic acids is 1. The molecule has 0 saturated heterocycles. The van der Waals surface area contributed by atoms with Crippen LogP contribution in [0.5, 0.6) is 0 Å². The molecule has 0 saturated carbocycles. The summed E-state index contributed by atoms with van der Waals surface area (Å²) in [4.78, 5) is 16.3. The number of carbonyl (C=O) groups is 1. The summed E-state index contributed by atoms with van der Waals surface area (Å²) in [5.74, 6) is -0.141. The lowest BCUT2D eigenvalue weighted by atomic mass is 10.2. The number of hydrogen-bond acceptors (Lipinski definition) is 2. The molecule has 0 atom stereocenters. The predicted molar refractivity (Wildman–Crippen MR) is 78.6 cm³/mol. The zero-order valence-corrected chi connectivity index (χ0v) is 11.7. The molecule has 0 fully saturated rings. The van der Waals surface area contributed by atoms with Crippen molar-refractivity contribution in [3.8, 4) is 0 Å². The van der Waals surface area contributed by atoms with Crippen molar-refractivity contribution < 1.29 is 4.79 Å². The topological polar surface area (TPSA) is 42.0 Å². The summed E-state index contributed by atoms with van der Waals surface area (Å²) in [6.07, 6.45) is 3.26. The fourth-order valence-corrected chi connectivity index (χ4v) is 2.13. The monoisotopic (exact) mass is 276 g/mol. The first-order valence-corrected chi connectivity index (χ1v) is 6.93. The van der Waals surface area contributed by atoms with Crippen LogP contribution in [-0.4, -0.2) is 17.4 Å². The quantitative estimate of drug-likeness (QED) is 0.844.